The Kier molecular flexibility index (Phi) is 3.71. The highest BCUT2D eigenvalue weighted by Crippen LogP contribution is 2.43. The van der Waals surface area contributed by atoms with Crippen LogP contribution in [-0.4, -0.2) is 24.6 Å². The molecule has 7 nitrogen and oxygen atoms in total. The summed E-state index contributed by atoms with van der Waals surface area (Å²) in [7, 11) is 0. The van der Waals surface area contributed by atoms with Crippen molar-refractivity contribution in [3.8, 4) is 17.1 Å². The Morgan fingerprint density at radius 2 is 1.93 bits per heavy atom. The van der Waals surface area contributed by atoms with Crippen molar-refractivity contribution in [3.05, 3.63) is 66.7 Å². The topological polar surface area (TPSA) is 91.2 Å². The van der Waals surface area contributed by atoms with Crippen LogP contribution in [0.5, 0.6) is 5.88 Å². The molecule has 3 heterocycles. The number of benzene rings is 1. The predicted octanol–water partition coefficient (Wildman–Crippen LogP) is 3.30. The smallest absolute Gasteiger partial charge is 0.217 e. The maximum absolute atomic E-state index is 6.28. The van der Waals surface area contributed by atoms with Gasteiger partial charge in [-0.2, -0.15) is 0 Å². The van der Waals surface area contributed by atoms with Gasteiger partial charge in [-0.15, -0.1) is 5.10 Å². The van der Waals surface area contributed by atoms with E-state index in [-0.39, 0.29) is 6.10 Å². The molecule has 134 valence electrons. The molecular formula is C20H18N6O. The molecule has 0 amide bonds. The molecule has 27 heavy (non-hydrogen) atoms. The summed E-state index contributed by atoms with van der Waals surface area (Å²) in [6.07, 6.45) is 7.33. The summed E-state index contributed by atoms with van der Waals surface area (Å²) in [5, 5.41) is 4.30. The van der Waals surface area contributed by atoms with E-state index in [0.717, 1.165) is 5.56 Å². The number of ether oxygens (including phenoxy) is 1. The van der Waals surface area contributed by atoms with Crippen LogP contribution in [0.4, 0.5) is 5.82 Å². The zero-order valence-corrected chi connectivity index (χ0v) is 14.6. The maximum Gasteiger partial charge on any atom is 0.217 e. The van der Waals surface area contributed by atoms with E-state index in [9.17, 15) is 0 Å². The minimum absolute atomic E-state index is 0.00618. The third-order valence-electron chi connectivity index (χ3n) is 4.75. The van der Waals surface area contributed by atoms with Crippen LogP contribution in [0.2, 0.25) is 0 Å². The largest absolute Gasteiger partial charge is 0.469 e. The Balaban J connectivity index is 1.51. The average Bonchev–Trinajstić information content (AvgIpc) is 3.48. The van der Waals surface area contributed by atoms with Crippen LogP contribution in [-0.2, 0) is 0 Å². The summed E-state index contributed by atoms with van der Waals surface area (Å²) < 4.78 is 7.92. The summed E-state index contributed by atoms with van der Waals surface area (Å²) in [6, 6.07) is 13.9. The highest BCUT2D eigenvalue weighted by Gasteiger charge is 2.34. The number of anilines is 1. The normalized spacial score (nSPS) is 15.0. The van der Waals surface area contributed by atoms with Crippen molar-refractivity contribution < 1.29 is 4.74 Å². The molecule has 1 aliphatic rings. The lowest BCUT2D eigenvalue weighted by Crippen LogP contribution is -2.11. The van der Waals surface area contributed by atoms with E-state index in [1.807, 2.05) is 18.2 Å². The van der Waals surface area contributed by atoms with Gasteiger partial charge >= 0.3 is 0 Å². The van der Waals surface area contributed by atoms with Crippen molar-refractivity contribution in [1.29, 1.82) is 0 Å². The van der Waals surface area contributed by atoms with Gasteiger partial charge in [-0.05, 0) is 24.5 Å². The molecule has 4 aromatic rings. The number of nitrogen functional groups attached to an aromatic ring is 1. The number of aromatic nitrogens is 5. The Morgan fingerprint density at radius 1 is 1.07 bits per heavy atom. The molecule has 7 heteroatoms. The molecule has 1 atom stereocenters. The molecule has 2 N–H and O–H groups in total. The molecule has 3 aromatic heterocycles. The average molecular weight is 358 g/mol. The lowest BCUT2D eigenvalue weighted by molar-refractivity contribution is 0.173. The third-order valence-corrected chi connectivity index (χ3v) is 4.75. The monoisotopic (exact) mass is 358 g/mol. The Hall–Kier alpha value is -3.48. The molecule has 0 spiro atoms. The zero-order valence-electron chi connectivity index (χ0n) is 14.6. The molecular weight excluding hydrogens is 340 g/mol. The van der Waals surface area contributed by atoms with E-state index in [4.69, 9.17) is 10.5 Å². The number of nitrogens with zero attached hydrogens (tertiary/aromatic N) is 5. The molecule has 1 aromatic carbocycles. The number of hydrogen-bond acceptors (Lipinski definition) is 6. The van der Waals surface area contributed by atoms with E-state index in [0.29, 0.717) is 34.5 Å². The Morgan fingerprint density at radius 3 is 2.74 bits per heavy atom. The SMILES string of the molecule is Nc1nn2cccnc2c1-c1cc(OC(c2ccccc2)C2CC2)ncn1. The molecule has 0 saturated heterocycles. The van der Waals surface area contributed by atoms with Gasteiger partial charge < -0.3 is 10.5 Å². The van der Waals surface area contributed by atoms with E-state index < -0.39 is 0 Å². The first-order valence-corrected chi connectivity index (χ1v) is 8.92. The first kappa shape index (κ1) is 15.7. The fourth-order valence-electron chi connectivity index (χ4n) is 3.30. The van der Waals surface area contributed by atoms with Gasteiger partial charge in [0.15, 0.2) is 11.5 Å². The molecule has 0 aliphatic heterocycles. The summed E-state index contributed by atoms with van der Waals surface area (Å²) in [5.74, 6) is 1.42. The highest BCUT2D eigenvalue weighted by molar-refractivity contribution is 5.84. The van der Waals surface area contributed by atoms with E-state index >= 15 is 0 Å². The predicted molar refractivity (Wildman–Crippen MR) is 101 cm³/mol. The quantitative estimate of drug-likeness (QED) is 0.588. The first-order valence-electron chi connectivity index (χ1n) is 8.92. The highest BCUT2D eigenvalue weighted by atomic mass is 16.5. The fraction of sp³-hybridized carbons (Fsp3) is 0.200. The maximum atomic E-state index is 6.28. The summed E-state index contributed by atoms with van der Waals surface area (Å²) in [4.78, 5) is 13.1. The molecule has 1 unspecified atom stereocenters. The van der Waals surface area contributed by atoms with Crippen molar-refractivity contribution in [2.45, 2.75) is 18.9 Å². The molecule has 1 fully saturated rings. The van der Waals surface area contributed by atoms with Crippen molar-refractivity contribution in [3.63, 3.8) is 0 Å². The van der Waals surface area contributed by atoms with Gasteiger partial charge in [0, 0.05) is 24.4 Å². The number of nitrogens with two attached hydrogens (primary N) is 1. The second-order valence-electron chi connectivity index (χ2n) is 6.68. The van der Waals surface area contributed by atoms with Crippen molar-refractivity contribution in [2.75, 3.05) is 5.73 Å². The summed E-state index contributed by atoms with van der Waals surface area (Å²) >= 11 is 0. The van der Waals surface area contributed by atoms with Crippen LogP contribution in [0.25, 0.3) is 16.9 Å². The third kappa shape index (κ3) is 2.97. The van der Waals surface area contributed by atoms with Gasteiger partial charge in [0.25, 0.3) is 0 Å². The second-order valence-corrected chi connectivity index (χ2v) is 6.68. The van der Waals surface area contributed by atoms with Crippen LogP contribution in [0.1, 0.15) is 24.5 Å². The standard InChI is InChI=1S/C20H18N6O/c21-19-17(20-22-9-4-10-26(20)25-19)15-11-16(24-12-23-15)27-18(14-7-8-14)13-5-2-1-3-6-13/h1-6,9-12,14,18H,7-8H2,(H2,21,25). The Bertz CT molecular complexity index is 1090. The summed E-state index contributed by atoms with van der Waals surface area (Å²) in [5.41, 5.74) is 9.26. The van der Waals surface area contributed by atoms with Crippen molar-refractivity contribution in [2.24, 2.45) is 5.92 Å². The van der Waals surface area contributed by atoms with Gasteiger partial charge in [0.1, 0.15) is 12.4 Å². The van der Waals surface area contributed by atoms with Crippen LogP contribution < -0.4 is 10.5 Å². The van der Waals surface area contributed by atoms with Gasteiger partial charge in [0.05, 0.1) is 11.3 Å². The summed E-state index contributed by atoms with van der Waals surface area (Å²) in [6.45, 7) is 0. The van der Waals surface area contributed by atoms with Gasteiger partial charge in [-0.3, -0.25) is 0 Å². The Labute approximate surface area is 155 Å². The lowest BCUT2D eigenvalue weighted by atomic mass is 10.1. The van der Waals surface area contributed by atoms with Crippen molar-refractivity contribution >= 4 is 11.5 Å². The van der Waals surface area contributed by atoms with Gasteiger partial charge in [0.2, 0.25) is 5.88 Å². The molecule has 0 bridgehead atoms. The second kappa shape index (κ2) is 6.35. The van der Waals surface area contributed by atoms with Crippen LogP contribution >= 0.6 is 0 Å². The number of rotatable bonds is 5. The van der Waals surface area contributed by atoms with Gasteiger partial charge in [-0.25, -0.2) is 19.5 Å². The minimum atomic E-state index is -0.00618. The van der Waals surface area contributed by atoms with Crippen LogP contribution in [0.15, 0.2) is 61.2 Å². The number of hydrogen-bond donors (Lipinski definition) is 1. The van der Waals surface area contributed by atoms with E-state index in [1.54, 1.807) is 29.0 Å². The first-order chi connectivity index (χ1) is 13.3. The number of fused-ring (bicyclic) bond motifs is 1. The van der Waals surface area contributed by atoms with Crippen LogP contribution in [0.3, 0.4) is 0 Å². The lowest BCUT2D eigenvalue weighted by Gasteiger charge is -2.18. The van der Waals surface area contributed by atoms with Gasteiger partial charge in [-0.1, -0.05) is 30.3 Å². The fourth-order valence-corrected chi connectivity index (χ4v) is 3.30. The molecule has 1 aliphatic carbocycles. The van der Waals surface area contributed by atoms with Crippen molar-refractivity contribution in [1.82, 2.24) is 24.6 Å². The van der Waals surface area contributed by atoms with E-state index in [1.165, 1.54) is 19.2 Å². The van der Waals surface area contributed by atoms with Crippen LogP contribution in [0, 0.1) is 5.92 Å². The molecule has 0 radical (unpaired) electrons. The zero-order chi connectivity index (χ0) is 18.2. The molecule has 5 rings (SSSR count). The molecule has 1 saturated carbocycles. The minimum Gasteiger partial charge on any atom is -0.469 e. The van der Waals surface area contributed by atoms with E-state index in [2.05, 4.69) is 32.2 Å².